The lowest BCUT2D eigenvalue weighted by molar-refractivity contribution is 1.18. The summed E-state index contributed by atoms with van der Waals surface area (Å²) in [6.07, 6.45) is 0. The Hall–Kier alpha value is -5.08. The van der Waals surface area contributed by atoms with Gasteiger partial charge in [-0.15, -0.1) is 0 Å². The summed E-state index contributed by atoms with van der Waals surface area (Å²) < 4.78 is 2.36. The minimum absolute atomic E-state index is 0.756. The maximum Gasteiger partial charge on any atom is 0.0541 e. The van der Waals surface area contributed by atoms with E-state index in [4.69, 9.17) is 5.73 Å². The van der Waals surface area contributed by atoms with Crippen molar-refractivity contribution < 1.29 is 0 Å². The maximum atomic E-state index is 6.32. The number of para-hydroxylation sites is 2. The third kappa shape index (κ3) is 3.75. The van der Waals surface area contributed by atoms with Crippen molar-refractivity contribution in [2.24, 2.45) is 0 Å². The summed E-state index contributed by atoms with van der Waals surface area (Å²) in [4.78, 5) is 0. The lowest BCUT2D eigenvalue weighted by Gasteiger charge is -2.14. The Kier molecular flexibility index (Phi) is 5.30. The third-order valence-electron chi connectivity index (χ3n) is 7.34. The summed E-state index contributed by atoms with van der Waals surface area (Å²) in [5.74, 6) is 0. The van der Waals surface area contributed by atoms with Gasteiger partial charge in [0.05, 0.1) is 11.0 Å². The van der Waals surface area contributed by atoms with Gasteiger partial charge in [0, 0.05) is 22.1 Å². The van der Waals surface area contributed by atoms with Gasteiger partial charge in [-0.05, 0) is 69.8 Å². The Labute approximate surface area is 222 Å². The van der Waals surface area contributed by atoms with E-state index in [2.05, 4.69) is 138 Å². The van der Waals surface area contributed by atoms with Gasteiger partial charge in [0.2, 0.25) is 0 Å². The molecule has 0 fully saturated rings. The van der Waals surface area contributed by atoms with Crippen LogP contribution in [0.25, 0.3) is 60.9 Å². The molecule has 1 aromatic heterocycles. The van der Waals surface area contributed by atoms with Gasteiger partial charge < -0.3 is 10.3 Å². The zero-order valence-electron chi connectivity index (χ0n) is 20.9. The van der Waals surface area contributed by atoms with Crippen LogP contribution in [-0.4, -0.2) is 4.57 Å². The Morgan fingerprint density at radius 3 is 1.68 bits per heavy atom. The molecule has 7 aromatic rings. The van der Waals surface area contributed by atoms with Gasteiger partial charge in [-0.2, -0.15) is 0 Å². The molecule has 180 valence electrons. The van der Waals surface area contributed by atoms with Gasteiger partial charge in [-0.25, -0.2) is 0 Å². The van der Waals surface area contributed by atoms with Crippen LogP contribution in [0.4, 0.5) is 5.69 Å². The van der Waals surface area contributed by atoms with E-state index in [0.717, 1.165) is 28.1 Å². The van der Waals surface area contributed by atoms with Crippen LogP contribution in [-0.2, 0) is 0 Å². The summed E-state index contributed by atoms with van der Waals surface area (Å²) >= 11 is 0. The van der Waals surface area contributed by atoms with Gasteiger partial charge in [-0.3, -0.25) is 0 Å². The summed E-state index contributed by atoms with van der Waals surface area (Å²) in [6, 6.07) is 51.5. The monoisotopic (exact) mass is 486 g/mol. The molecule has 7 rings (SSSR count). The number of aromatic nitrogens is 1. The van der Waals surface area contributed by atoms with Gasteiger partial charge in [0.1, 0.15) is 0 Å². The zero-order valence-corrected chi connectivity index (χ0v) is 20.9. The van der Waals surface area contributed by atoms with E-state index in [0.29, 0.717) is 0 Å². The number of nitrogens with two attached hydrogens (primary N) is 1. The quantitative estimate of drug-likeness (QED) is 0.247. The van der Waals surface area contributed by atoms with Crippen molar-refractivity contribution in [2.45, 2.75) is 0 Å². The average Bonchev–Trinajstić information content (AvgIpc) is 3.32. The maximum absolute atomic E-state index is 6.32. The Balaban J connectivity index is 1.37. The summed E-state index contributed by atoms with van der Waals surface area (Å²) in [7, 11) is 0. The highest BCUT2D eigenvalue weighted by molar-refractivity contribution is 6.09. The zero-order chi connectivity index (χ0) is 25.5. The van der Waals surface area contributed by atoms with Crippen molar-refractivity contribution >= 4 is 27.5 Å². The van der Waals surface area contributed by atoms with Crippen LogP contribution in [0.2, 0.25) is 0 Å². The van der Waals surface area contributed by atoms with Crippen molar-refractivity contribution in [1.29, 1.82) is 0 Å². The highest BCUT2D eigenvalue weighted by Crippen LogP contribution is 2.37. The standard InChI is InChI=1S/C36H26N2/c37-29-21-22-31(27-19-17-26(18-20-27)25-9-2-1-3-10-25)34(24-29)28-11-8-12-30(23-28)38-35-15-6-4-13-32(35)33-14-5-7-16-36(33)38/h1-24H,37H2. The molecular formula is C36H26N2. The molecule has 0 saturated heterocycles. The van der Waals surface area contributed by atoms with Crippen molar-refractivity contribution in [3.05, 3.63) is 146 Å². The fourth-order valence-electron chi connectivity index (χ4n) is 5.54. The first-order valence-electron chi connectivity index (χ1n) is 12.9. The highest BCUT2D eigenvalue weighted by Gasteiger charge is 2.14. The summed E-state index contributed by atoms with van der Waals surface area (Å²) in [5, 5.41) is 2.52. The molecule has 38 heavy (non-hydrogen) atoms. The summed E-state index contributed by atoms with van der Waals surface area (Å²) in [6.45, 7) is 0. The number of nitrogen functional groups attached to an aromatic ring is 1. The number of benzene rings is 6. The van der Waals surface area contributed by atoms with E-state index in [-0.39, 0.29) is 0 Å². The number of fused-ring (bicyclic) bond motifs is 3. The molecule has 2 nitrogen and oxygen atoms in total. The van der Waals surface area contributed by atoms with Crippen LogP contribution in [0, 0.1) is 0 Å². The van der Waals surface area contributed by atoms with Crippen LogP contribution >= 0.6 is 0 Å². The third-order valence-corrected chi connectivity index (χ3v) is 7.34. The average molecular weight is 487 g/mol. The minimum atomic E-state index is 0.756. The molecule has 2 heteroatoms. The molecule has 0 atom stereocenters. The van der Waals surface area contributed by atoms with Crippen molar-refractivity contribution in [2.75, 3.05) is 5.73 Å². The predicted octanol–water partition coefficient (Wildman–Crippen LogP) is 9.37. The van der Waals surface area contributed by atoms with E-state index in [1.54, 1.807) is 0 Å². The lowest BCUT2D eigenvalue weighted by Crippen LogP contribution is -1.95. The van der Waals surface area contributed by atoms with Gasteiger partial charge in [0.25, 0.3) is 0 Å². The lowest BCUT2D eigenvalue weighted by atomic mass is 9.92. The van der Waals surface area contributed by atoms with E-state index >= 15 is 0 Å². The molecule has 0 aliphatic carbocycles. The first-order valence-corrected chi connectivity index (χ1v) is 12.9. The van der Waals surface area contributed by atoms with Crippen molar-refractivity contribution in [1.82, 2.24) is 4.57 Å². The van der Waals surface area contributed by atoms with Crippen molar-refractivity contribution in [3.8, 4) is 39.1 Å². The predicted molar refractivity (Wildman–Crippen MR) is 162 cm³/mol. The molecule has 0 spiro atoms. The molecule has 0 aliphatic heterocycles. The number of anilines is 1. The van der Waals surface area contributed by atoms with Crippen molar-refractivity contribution in [3.63, 3.8) is 0 Å². The first kappa shape index (κ1) is 22.1. The van der Waals surface area contributed by atoms with Crippen LogP contribution < -0.4 is 5.73 Å². The van der Waals surface area contributed by atoms with Crippen LogP contribution in [0.5, 0.6) is 0 Å². The Bertz CT molecular complexity index is 1860. The van der Waals surface area contributed by atoms with Gasteiger partial charge in [0.15, 0.2) is 0 Å². The van der Waals surface area contributed by atoms with Crippen LogP contribution in [0.3, 0.4) is 0 Å². The Morgan fingerprint density at radius 2 is 0.974 bits per heavy atom. The van der Waals surface area contributed by atoms with E-state index in [9.17, 15) is 0 Å². The molecule has 0 bridgehead atoms. The number of hydrogen-bond acceptors (Lipinski definition) is 1. The number of hydrogen-bond donors (Lipinski definition) is 1. The number of rotatable bonds is 4. The highest BCUT2D eigenvalue weighted by atomic mass is 15.0. The van der Waals surface area contributed by atoms with Gasteiger partial charge >= 0.3 is 0 Å². The Morgan fingerprint density at radius 1 is 0.395 bits per heavy atom. The summed E-state index contributed by atoms with van der Waals surface area (Å²) in [5.41, 5.74) is 17.6. The molecule has 6 aromatic carbocycles. The topological polar surface area (TPSA) is 30.9 Å². The van der Waals surface area contributed by atoms with Crippen LogP contribution in [0.15, 0.2) is 146 Å². The largest absolute Gasteiger partial charge is 0.399 e. The smallest absolute Gasteiger partial charge is 0.0541 e. The molecular weight excluding hydrogens is 460 g/mol. The SMILES string of the molecule is Nc1ccc(-c2ccc(-c3ccccc3)cc2)c(-c2cccc(-n3c4ccccc4c4ccccc43)c2)c1. The molecule has 0 saturated carbocycles. The fourth-order valence-corrected chi connectivity index (χ4v) is 5.54. The molecule has 0 aliphatic rings. The van der Waals surface area contributed by atoms with Gasteiger partial charge in [-0.1, -0.05) is 109 Å². The molecule has 0 radical (unpaired) electrons. The normalized spacial score (nSPS) is 11.3. The number of nitrogens with zero attached hydrogens (tertiary/aromatic N) is 1. The van der Waals surface area contributed by atoms with Crippen LogP contribution in [0.1, 0.15) is 0 Å². The second-order valence-electron chi connectivity index (χ2n) is 9.67. The second kappa shape index (κ2) is 9.10. The van der Waals surface area contributed by atoms with E-state index in [1.165, 1.54) is 38.5 Å². The minimum Gasteiger partial charge on any atom is -0.399 e. The van der Waals surface area contributed by atoms with E-state index < -0.39 is 0 Å². The second-order valence-corrected chi connectivity index (χ2v) is 9.67. The molecule has 1 heterocycles. The molecule has 0 amide bonds. The molecule has 0 unspecified atom stereocenters. The molecule has 2 N–H and O–H groups in total. The fraction of sp³-hybridized carbons (Fsp3) is 0. The first-order chi connectivity index (χ1) is 18.8. The van der Waals surface area contributed by atoms with E-state index in [1.807, 2.05) is 12.1 Å².